The Hall–Kier alpha value is -2.44. The Morgan fingerprint density at radius 3 is 2.68 bits per heavy atom. The highest BCUT2D eigenvalue weighted by atomic mass is 35.5. The van der Waals surface area contributed by atoms with Gasteiger partial charge in [0.15, 0.2) is 11.3 Å². The molecule has 194 valence electrons. The number of hydrogen-bond donors (Lipinski definition) is 0. The van der Waals surface area contributed by atoms with Gasteiger partial charge < -0.3 is 9.64 Å². The second-order valence-corrected chi connectivity index (χ2v) is 11.4. The van der Waals surface area contributed by atoms with Crippen molar-refractivity contribution >= 4 is 40.2 Å². The molecule has 0 amide bonds. The van der Waals surface area contributed by atoms with Crippen molar-refractivity contribution in [2.75, 3.05) is 44.3 Å². The van der Waals surface area contributed by atoms with Gasteiger partial charge in [0, 0.05) is 48.9 Å². The van der Waals surface area contributed by atoms with Crippen LogP contribution in [-0.2, 0) is 4.74 Å². The normalized spacial score (nSPS) is 22.6. The summed E-state index contributed by atoms with van der Waals surface area (Å²) in [5.41, 5.74) is 2.24. The van der Waals surface area contributed by atoms with E-state index in [1.54, 1.807) is 16.9 Å². The molecule has 1 aromatic carbocycles. The van der Waals surface area contributed by atoms with Crippen LogP contribution in [0.5, 0.6) is 0 Å². The smallest absolute Gasteiger partial charge is 0.190 e. The Labute approximate surface area is 227 Å². The number of rotatable bonds is 5. The van der Waals surface area contributed by atoms with Crippen LogP contribution in [0.15, 0.2) is 24.4 Å². The van der Waals surface area contributed by atoms with Gasteiger partial charge >= 0.3 is 0 Å². The van der Waals surface area contributed by atoms with Gasteiger partial charge in [-0.25, -0.2) is 14.6 Å². The summed E-state index contributed by atoms with van der Waals surface area (Å²) in [6.45, 7) is 8.19. The van der Waals surface area contributed by atoms with Crippen LogP contribution in [0.3, 0.4) is 0 Å². The van der Waals surface area contributed by atoms with E-state index in [4.69, 9.17) is 32.9 Å². The summed E-state index contributed by atoms with van der Waals surface area (Å²) in [7, 11) is 0. The highest BCUT2D eigenvalue weighted by Crippen LogP contribution is 2.36. The third-order valence-electron chi connectivity index (χ3n) is 8.37. The van der Waals surface area contributed by atoms with Crippen molar-refractivity contribution in [1.29, 1.82) is 5.26 Å². The maximum Gasteiger partial charge on any atom is 0.190 e. The molecule has 5 heterocycles. The third-order valence-corrected chi connectivity index (χ3v) is 8.94. The first-order chi connectivity index (χ1) is 18.0. The predicted molar refractivity (Wildman–Crippen MR) is 144 cm³/mol. The number of anilines is 1. The maximum absolute atomic E-state index is 9.66. The monoisotopic (exact) mass is 539 g/mol. The van der Waals surface area contributed by atoms with Crippen LogP contribution in [0.1, 0.15) is 49.9 Å². The van der Waals surface area contributed by atoms with E-state index in [0.29, 0.717) is 33.2 Å². The number of nitriles is 1. The molecule has 0 bridgehead atoms. The molecule has 2 unspecified atom stereocenters. The van der Waals surface area contributed by atoms with Crippen molar-refractivity contribution in [2.24, 2.45) is 11.8 Å². The van der Waals surface area contributed by atoms with Crippen LogP contribution in [0.2, 0.25) is 10.0 Å². The number of hydrogen-bond acceptors (Lipinski definition) is 7. The number of benzene rings is 1. The Morgan fingerprint density at radius 2 is 1.92 bits per heavy atom. The minimum absolute atomic E-state index is 0.235. The van der Waals surface area contributed by atoms with Crippen molar-refractivity contribution in [1.82, 2.24) is 24.6 Å². The first kappa shape index (κ1) is 24.9. The molecular formula is C27H31Cl2N7O. The molecule has 3 saturated heterocycles. The van der Waals surface area contributed by atoms with Crippen LogP contribution in [0.4, 0.5) is 5.82 Å². The third kappa shape index (κ3) is 4.79. The summed E-state index contributed by atoms with van der Waals surface area (Å²) in [5.74, 6) is 2.24. The lowest BCUT2D eigenvalue weighted by atomic mass is 9.80. The minimum Gasteiger partial charge on any atom is -0.381 e. The lowest BCUT2D eigenvalue weighted by Gasteiger charge is -2.48. The van der Waals surface area contributed by atoms with E-state index in [-0.39, 0.29) is 11.7 Å². The van der Waals surface area contributed by atoms with Crippen molar-refractivity contribution in [2.45, 2.75) is 44.7 Å². The first-order valence-electron chi connectivity index (χ1n) is 13.2. The van der Waals surface area contributed by atoms with E-state index in [1.807, 2.05) is 19.1 Å². The van der Waals surface area contributed by atoms with Crippen LogP contribution >= 0.6 is 23.2 Å². The summed E-state index contributed by atoms with van der Waals surface area (Å²) >= 11 is 12.6. The van der Waals surface area contributed by atoms with Crippen molar-refractivity contribution < 1.29 is 4.74 Å². The highest BCUT2D eigenvalue weighted by molar-refractivity contribution is 6.35. The summed E-state index contributed by atoms with van der Waals surface area (Å²) < 4.78 is 7.33. The molecule has 0 spiro atoms. The van der Waals surface area contributed by atoms with Crippen molar-refractivity contribution in [3.8, 4) is 6.07 Å². The van der Waals surface area contributed by atoms with Crippen molar-refractivity contribution in [3.63, 3.8) is 0 Å². The van der Waals surface area contributed by atoms with E-state index in [0.717, 1.165) is 56.4 Å². The Kier molecular flexibility index (Phi) is 6.97. The maximum atomic E-state index is 9.66. The molecule has 3 fully saturated rings. The van der Waals surface area contributed by atoms with Gasteiger partial charge in [0.25, 0.3) is 0 Å². The zero-order valence-electron chi connectivity index (χ0n) is 21.0. The van der Waals surface area contributed by atoms with Crippen LogP contribution in [0, 0.1) is 23.2 Å². The quantitative estimate of drug-likeness (QED) is 0.453. The number of likely N-dealkylation sites (tertiary alicyclic amines) is 1. The minimum atomic E-state index is -0.235. The molecule has 0 aliphatic carbocycles. The standard InChI is InChI=1S/C27H31Cl2N7O/c1-17(22-5-4-20(28)11-23(22)29)36-27-26(24(12-30)33-36)31-13-25(32-27)35-15-19(16-35)18-3-2-8-34(14-18)21-6-9-37-10-7-21/h4-5,11,13,17-19,21H,2-3,6-10,14-16H2,1H3. The van der Waals surface area contributed by atoms with Crippen LogP contribution in [0.25, 0.3) is 11.2 Å². The van der Waals surface area contributed by atoms with Gasteiger partial charge in [-0.1, -0.05) is 29.3 Å². The molecule has 2 atom stereocenters. The number of piperidine rings is 1. The fourth-order valence-electron chi connectivity index (χ4n) is 6.17. The van der Waals surface area contributed by atoms with E-state index >= 15 is 0 Å². The Morgan fingerprint density at radius 1 is 1.11 bits per heavy atom. The molecule has 0 N–H and O–H groups in total. The largest absolute Gasteiger partial charge is 0.381 e. The van der Waals surface area contributed by atoms with Crippen LogP contribution in [-0.4, -0.2) is 70.1 Å². The van der Waals surface area contributed by atoms with Gasteiger partial charge in [-0.05, 0) is 68.7 Å². The molecule has 8 nitrogen and oxygen atoms in total. The summed E-state index contributed by atoms with van der Waals surface area (Å²) in [6, 6.07) is 8.03. The summed E-state index contributed by atoms with van der Waals surface area (Å²) in [5, 5.41) is 15.3. The average Bonchev–Trinajstić information content (AvgIpc) is 3.26. The zero-order valence-corrected chi connectivity index (χ0v) is 22.5. The fraction of sp³-hybridized carbons (Fsp3) is 0.556. The molecule has 3 aliphatic rings. The molecular weight excluding hydrogens is 509 g/mol. The Balaban J connectivity index is 1.19. The Bertz CT molecular complexity index is 1330. The van der Waals surface area contributed by atoms with Gasteiger partial charge in [-0.2, -0.15) is 10.4 Å². The summed E-state index contributed by atoms with van der Waals surface area (Å²) in [6.07, 6.45) is 6.70. The summed E-state index contributed by atoms with van der Waals surface area (Å²) in [4.78, 5) is 14.6. The lowest BCUT2D eigenvalue weighted by Crippen LogP contribution is -2.55. The zero-order chi connectivity index (χ0) is 25.5. The van der Waals surface area contributed by atoms with E-state index in [9.17, 15) is 5.26 Å². The molecule has 3 aromatic rings. The van der Waals surface area contributed by atoms with Gasteiger partial charge in [0.2, 0.25) is 0 Å². The molecule has 3 aliphatic heterocycles. The number of nitrogens with zero attached hydrogens (tertiary/aromatic N) is 7. The molecule has 0 radical (unpaired) electrons. The van der Waals surface area contributed by atoms with E-state index in [2.05, 4.69) is 26.0 Å². The van der Waals surface area contributed by atoms with E-state index in [1.165, 1.54) is 25.9 Å². The molecule has 6 rings (SSSR count). The number of fused-ring (bicyclic) bond motifs is 1. The molecule has 10 heteroatoms. The predicted octanol–water partition coefficient (Wildman–Crippen LogP) is 4.94. The topological polar surface area (TPSA) is 83.1 Å². The molecule has 2 aromatic heterocycles. The SMILES string of the molecule is CC(c1ccc(Cl)cc1Cl)n1nc(C#N)c2ncc(N3CC(C4CCCN(C5CCOCC5)C4)C3)nc21. The molecule has 37 heavy (non-hydrogen) atoms. The van der Waals surface area contributed by atoms with Gasteiger partial charge in [-0.15, -0.1) is 0 Å². The van der Waals surface area contributed by atoms with Crippen LogP contribution < -0.4 is 4.90 Å². The second-order valence-electron chi connectivity index (χ2n) is 10.6. The molecule has 0 saturated carbocycles. The fourth-order valence-corrected chi connectivity index (χ4v) is 6.74. The highest BCUT2D eigenvalue weighted by Gasteiger charge is 2.38. The lowest BCUT2D eigenvalue weighted by molar-refractivity contribution is 0.00872. The second kappa shape index (κ2) is 10.4. The van der Waals surface area contributed by atoms with E-state index < -0.39 is 0 Å². The first-order valence-corrected chi connectivity index (χ1v) is 13.9. The number of halogens is 2. The number of ether oxygens (including phenoxy) is 1. The number of aromatic nitrogens is 4. The van der Waals surface area contributed by atoms with Gasteiger partial charge in [0.1, 0.15) is 17.4 Å². The van der Waals surface area contributed by atoms with Gasteiger partial charge in [0.05, 0.1) is 12.2 Å². The van der Waals surface area contributed by atoms with Gasteiger partial charge in [-0.3, -0.25) is 4.90 Å². The average molecular weight is 540 g/mol. The van der Waals surface area contributed by atoms with Crippen molar-refractivity contribution in [3.05, 3.63) is 45.7 Å².